The summed E-state index contributed by atoms with van der Waals surface area (Å²) in [5, 5.41) is 0. The third kappa shape index (κ3) is 3.23. The minimum atomic E-state index is -4.76. The Hall–Kier alpha value is -1.04. The summed E-state index contributed by atoms with van der Waals surface area (Å²) in [5.41, 5.74) is -1.08. The van der Waals surface area contributed by atoms with Crippen LogP contribution < -0.4 is 4.74 Å². The molecule has 90 valence electrons. The maximum Gasteiger partial charge on any atom is 0.419 e. The Morgan fingerprint density at radius 1 is 1.25 bits per heavy atom. The molecule has 16 heavy (non-hydrogen) atoms. The van der Waals surface area contributed by atoms with Gasteiger partial charge >= 0.3 is 12.8 Å². The summed E-state index contributed by atoms with van der Waals surface area (Å²) >= 11 is 5.35. The molecule has 0 aliphatic heterocycles. The van der Waals surface area contributed by atoms with E-state index in [1.54, 1.807) is 0 Å². The van der Waals surface area contributed by atoms with Crippen molar-refractivity contribution in [2.45, 2.75) is 18.7 Å². The van der Waals surface area contributed by atoms with E-state index in [0.717, 1.165) is 6.07 Å². The summed E-state index contributed by atoms with van der Waals surface area (Å²) < 4.78 is 64.8. The lowest BCUT2D eigenvalue weighted by atomic mass is 10.1. The van der Waals surface area contributed by atoms with E-state index in [4.69, 9.17) is 11.6 Å². The fourth-order valence-electron chi connectivity index (χ4n) is 1.08. The minimum absolute atomic E-state index is 0.141. The van der Waals surface area contributed by atoms with Crippen molar-refractivity contribution in [1.82, 2.24) is 0 Å². The normalized spacial score (nSPS) is 11.9. The molecule has 1 aromatic carbocycles. The molecule has 0 spiro atoms. The zero-order valence-electron chi connectivity index (χ0n) is 7.69. The fourth-order valence-corrected chi connectivity index (χ4v) is 1.25. The Kier molecular flexibility index (Phi) is 3.96. The van der Waals surface area contributed by atoms with E-state index in [9.17, 15) is 22.0 Å². The second kappa shape index (κ2) is 4.86. The first kappa shape index (κ1) is 13.0. The van der Waals surface area contributed by atoms with Gasteiger partial charge < -0.3 is 4.74 Å². The van der Waals surface area contributed by atoms with Crippen molar-refractivity contribution >= 4 is 11.6 Å². The highest BCUT2D eigenvalue weighted by Crippen LogP contribution is 2.37. The first-order valence-electron chi connectivity index (χ1n) is 4.05. The van der Waals surface area contributed by atoms with Crippen molar-refractivity contribution in [2.24, 2.45) is 0 Å². The van der Waals surface area contributed by atoms with Gasteiger partial charge in [-0.1, -0.05) is 6.07 Å². The van der Waals surface area contributed by atoms with E-state index in [-0.39, 0.29) is 11.4 Å². The molecule has 1 rings (SSSR count). The number of hydrogen-bond acceptors (Lipinski definition) is 1. The fraction of sp³-hybridized carbons (Fsp3) is 0.333. The number of rotatable bonds is 3. The molecule has 0 saturated heterocycles. The molecule has 0 bridgehead atoms. The van der Waals surface area contributed by atoms with Crippen molar-refractivity contribution < 1.29 is 26.7 Å². The molecule has 0 aliphatic rings. The highest BCUT2D eigenvalue weighted by Gasteiger charge is 2.35. The summed E-state index contributed by atoms with van der Waals surface area (Å²) in [4.78, 5) is 0. The van der Waals surface area contributed by atoms with Crippen LogP contribution >= 0.6 is 11.6 Å². The highest BCUT2D eigenvalue weighted by atomic mass is 35.5. The molecule has 0 aliphatic carbocycles. The number of hydrogen-bond donors (Lipinski definition) is 0. The van der Waals surface area contributed by atoms with E-state index in [2.05, 4.69) is 4.74 Å². The van der Waals surface area contributed by atoms with Crippen LogP contribution in [0.3, 0.4) is 0 Å². The second-order valence-corrected chi connectivity index (χ2v) is 3.11. The summed E-state index contributed by atoms with van der Waals surface area (Å²) in [6.07, 6.45) is -4.76. The smallest absolute Gasteiger partial charge is 0.419 e. The number of halogens is 6. The second-order valence-electron chi connectivity index (χ2n) is 2.84. The molecule has 0 aromatic heterocycles. The van der Waals surface area contributed by atoms with Gasteiger partial charge in [-0.15, -0.1) is 11.6 Å². The lowest BCUT2D eigenvalue weighted by Crippen LogP contribution is -2.11. The Bertz CT molecular complexity index is 363. The molecule has 0 atom stereocenters. The quantitative estimate of drug-likeness (QED) is 0.589. The topological polar surface area (TPSA) is 9.23 Å². The predicted octanol–water partition coefficient (Wildman–Crippen LogP) is 4.05. The molecule has 1 aromatic rings. The summed E-state index contributed by atoms with van der Waals surface area (Å²) in [6, 6.07) is 2.71. The van der Waals surface area contributed by atoms with Gasteiger partial charge in [-0.25, -0.2) is 0 Å². The summed E-state index contributed by atoms with van der Waals surface area (Å²) in [5.74, 6) is -1.05. The molecule has 0 unspecified atom stereocenters. The lowest BCUT2D eigenvalue weighted by molar-refractivity contribution is -0.141. The van der Waals surface area contributed by atoms with E-state index < -0.39 is 24.1 Å². The SMILES string of the molecule is FC(F)Oc1ccc(CCl)cc1C(F)(F)F. The predicted molar refractivity (Wildman–Crippen MR) is 47.6 cm³/mol. The minimum Gasteiger partial charge on any atom is -0.434 e. The average molecular weight is 261 g/mol. The molecular weight excluding hydrogens is 255 g/mol. The number of ether oxygens (including phenoxy) is 1. The van der Waals surface area contributed by atoms with Crippen LogP contribution in [0.5, 0.6) is 5.75 Å². The molecule has 7 heteroatoms. The zero-order valence-corrected chi connectivity index (χ0v) is 8.45. The molecule has 0 N–H and O–H groups in total. The van der Waals surface area contributed by atoms with Gasteiger partial charge in [0.05, 0.1) is 5.56 Å². The molecule has 0 heterocycles. The summed E-state index contributed by atoms with van der Waals surface area (Å²) in [6.45, 7) is -3.30. The Morgan fingerprint density at radius 3 is 2.31 bits per heavy atom. The third-order valence-corrected chi connectivity index (χ3v) is 2.03. The van der Waals surface area contributed by atoms with E-state index in [1.807, 2.05) is 0 Å². The van der Waals surface area contributed by atoms with Gasteiger partial charge in [0, 0.05) is 5.88 Å². The Labute approximate surface area is 92.8 Å². The maximum absolute atomic E-state index is 12.4. The van der Waals surface area contributed by atoms with Gasteiger partial charge in [0.2, 0.25) is 0 Å². The lowest BCUT2D eigenvalue weighted by Gasteiger charge is -2.14. The van der Waals surface area contributed by atoms with Gasteiger partial charge in [-0.2, -0.15) is 22.0 Å². The maximum atomic E-state index is 12.4. The monoisotopic (exact) mass is 260 g/mol. The molecule has 0 radical (unpaired) electrons. The van der Waals surface area contributed by atoms with Crippen molar-refractivity contribution in [3.05, 3.63) is 29.3 Å². The molecule has 0 fully saturated rings. The van der Waals surface area contributed by atoms with E-state index >= 15 is 0 Å². The van der Waals surface area contributed by atoms with Gasteiger partial charge in [-0.05, 0) is 17.7 Å². The van der Waals surface area contributed by atoms with Crippen molar-refractivity contribution in [1.29, 1.82) is 0 Å². The van der Waals surface area contributed by atoms with Crippen LogP contribution in [0.4, 0.5) is 22.0 Å². The largest absolute Gasteiger partial charge is 0.434 e. The van der Waals surface area contributed by atoms with Gasteiger partial charge in [-0.3, -0.25) is 0 Å². The van der Waals surface area contributed by atoms with E-state index in [1.165, 1.54) is 6.07 Å². The molecular formula is C9H6ClF5O. The Morgan fingerprint density at radius 2 is 1.88 bits per heavy atom. The summed E-state index contributed by atoms with van der Waals surface area (Å²) in [7, 11) is 0. The third-order valence-electron chi connectivity index (χ3n) is 1.72. The van der Waals surface area contributed by atoms with Crippen LogP contribution in [0, 0.1) is 0 Å². The molecule has 0 amide bonds. The Balaban J connectivity index is 3.17. The van der Waals surface area contributed by atoms with Crippen molar-refractivity contribution in [3.8, 4) is 5.75 Å². The van der Waals surface area contributed by atoms with Crippen LogP contribution in [0.2, 0.25) is 0 Å². The van der Waals surface area contributed by atoms with Crippen LogP contribution in [0.15, 0.2) is 18.2 Å². The van der Waals surface area contributed by atoms with Crippen LogP contribution in [0.1, 0.15) is 11.1 Å². The van der Waals surface area contributed by atoms with Crippen LogP contribution in [-0.4, -0.2) is 6.61 Å². The molecule has 0 saturated carbocycles. The van der Waals surface area contributed by atoms with Crippen molar-refractivity contribution in [2.75, 3.05) is 0 Å². The van der Waals surface area contributed by atoms with Crippen LogP contribution in [-0.2, 0) is 12.1 Å². The first-order valence-corrected chi connectivity index (χ1v) is 4.59. The van der Waals surface area contributed by atoms with Gasteiger partial charge in [0.25, 0.3) is 0 Å². The standard InChI is InChI=1S/C9H6ClF5O/c10-4-5-1-2-7(16-8(11)12)6(3-5)9(13,14)15/h1-3,8H,4H2. The molecule has 1 nitrogen and oxygen atoms in total. The van der Waals surface area contributed by atoms with Crippen LogP contribution in [0.25, 0.3) is 0 Å². The number of alkyl halides is 6. The zero-order chi connectivity index (χ0) is 12.3. The van der Waals surface area contributed by atoms with Crippen molar-refractivity contribution in [3.63, 3.8) is 0 Å². The highest BCUT2D eigenvalue weighted by molar-refractivity contribution is 6.17. The average Bonchev–Trinajstić information content (AvgIpc) is 2.15. The first-order chi connectivity index (χ1) is 7.34. The van der Waals surface area contributed by atoms with E-state index in [0.29, 0.717) is 6.07 Å². The van der Waals surface area contributed by atoms with Gasteiger partial charge in [0.1, 0.15) is 5.75 Å². The van der Waals surface area contributed by atoms with Gasteiger partial charge in [0.15, 0.2) is 0 Å². The number of benzene rings is 1.